The maximum absolute atomic E-state index is 11.5. The zero-order valence-corrected chi connectivity index (χ0v) is 10.9. The van der Waals surface area contributed by atoms with Gasteiger partial charge in [-0.2, -0.15) is 0 Å². The van der Waals surface area contributed by atoms with E-state index in [9.17, 15) is 4.79 Å². The van der Waals surface area contributed by atoms with Gasteiger partial charge in [0, 0.05) is 12.1 Å². The summed E-state index contributed by atoms with van der Waals surface area (Å²) in [6.07, 6.45) is 0. The second kappa shape index (κ2) is 5.70. The molecule has 1 heterocycles. The van der Waals surface area contributed by atoms with E-state index in [2.05, 4.69) is 5.32 Å². The van der Waals surface area contributed by atoms with E-state index in [1.54, 1.807) is 11.4 Å². The van der Waals surface area contributed by atoms with Crippen molar-refractivity contribution in [2.75, 3.05) is 6.54 Å². The highest BCUT2D eigenvalue weighted by atomic mass is 35.5. The van der Waals surface area contributed by atoms with Crippen LogP contribution in [0.4, 0.5) is 0 Å². The lowest BCUT2D eigenvalue weighted by molar-refractivity contribution is 0.0950. The van der Waals surface area contributed by atoms with Gasteiger partial charge >= 0.3 is 0 Å². The second-order valence-corrected chi connectivity index (χ2v) is 5.09. The van der Waals surface area contributed by atoms with Crippen LogP contribution in [-0.2, 0) is 0 Å². The molecule has 15 heavy (non-hydrogen) atoms. The Kier molecular flexibility index (Phi) is 5.59. The van der Waals surface area contributed by atoms with Gasteiger partial charge in [0.2, 0.25) is 0 Å². The predicted molar refractivity (Wildman–Crippen MR) is 67.2 cm³/mol. The lowest BCUT2D eigenvalue weighted by Gasteiger charge is -2.18. The molecular formula is C9H14Cl2N2OS. The molecule has 86 valence electrons. The van der Waals surface area contributed by atoms with Crippen LogP contribution in [0.15, 0.2) is 11.4 Å². The van der Waals surface area contributed by atoms with E-state index in [1.807, 2.05) is 13.8 Å². The van der Waals surface area contributed by atoms with Crippen LogP contribution < -0.4 is 11.1 Å². The maximum atomic E-state index is 11.5. The molecule has 0 atom stereocenters. The topological polar surface area (TPSA) is 55.1 Å². The maximum Gasteiger partial charge on any atom is 0.262 e. The average molecular weight is 269 g/mol. The van der Waals surface area contributed by atoms with Crippen molar-refractivity contribution in [1.29, 1.82) is 0 Å². The van der Waals surface area contributed by atoms with E-state index in [0.717, 1.165) is 0 Å². The molecule has 6 heteroatoms. The van der Waals surface area contributed by atoms with Crippen molar-refractivity contribution in [3.05, 3.63) is 21.3 Å². The highest BCUT2D eigenvalue weighted by molar-refractivity contribution is 7.12. The number of halogens is 2. The molecule has 0 bridgehead atoms. The van der Waals surface area contributed by atoms with Gasteiger partial charge in [0.25, 0.3) is 5.91 Å². The first-order valence-electron chi connectivity index (χ1n) is 4.20. The van der Waals surface area contributed by atoms with Crippen LogP contribution in [0.5, 0.6) is 0 Å². The summed E-state index contributed by atoms with van der Waals surface area (Å²) < 4.78 is 0. The molecule has 1 amide bonds. The van der Waals surface area contributed by atoms with E-state index in [0.29, 0.717) is 16.4 Å². The molecule has 0 saturated heterocycles. The Bertz CT molecular complexity index is 333. The highest BCUT2D eigenvalue weighted by Gasteiger charge is 2.15. The Morgan fingerprint density at radius 1 is 1.67 bits per heavy atom. The van der Waals surface area contributed by atoms with Crippen molar-refractivity contribution in [2.24, 2.45) is 5.73 Å². The largest absolute Gasteiger partial charge is 0.349 e. The Balaban J connectivity index is 0.00000196. The normalized spacial score (nSPS) is 10.7. The molecule has 1 rings (SSSR count). The van der Waals surface area contributed by atoms with E-state index < -0.39 is 5.54 Å². The molecule has 0 radical (unpaired) electrons. The van der Waals surface area contributed by atoms with Crippen LogP contribution >= 0.6 is 35.3 Å². The van der Waals surface area contributed by atoms with Gasteiger partial charge in [0.1, 0.15) is 4.88 Å². The highest BCUT2D eigenvalue weighted by Crippen LogP contribution is 2.21. The number of nitrogens with one attached hydrogen (secondary N) is 1. The molecule has 0 spiro atoms. The summed E-state index contributed by atoms with van der Waals surface area (Å²) in [5.74, 6) is -0.163. The zero-order chi connectivity index (χ0) is 10.8. The van der Waals surface area contributed by atoms with Gasteiger partial charge in [-0.05, 0) is 25.3 Å². The van der Waals surface area contributed by atoms with Crippen LogP contribution in [0.1, 0.15) is 23.5 Å². The van der Waals surface area contributed by atoms with Gasteiger partial charge in [-0.25, -0.2) is 0 Å². The van der Waals surface area contributed by atoms with Crippen LogP contribution in [0.3, 0.4) is 0 Å². The standard InChI is InChI=1S/C9H13ClN2OS.ClH/c1-9(2,11)5-12-8(13)7-6(10)3-4-14-7;/h3-4H,5,11H2,1-2H3,(H,12,13);1H. The van der Waals surface area contributed by atoms with E-state index in [1.165, 1.54) is 11.3 Å². The monoisotopic (exact) mass is 268 g/mol. The van der Waals surface area contributed by atoms with Crippen molar-refractivity contribution < 1.29 is 4.79 Å². The fourth-order valence-corrected chi connectivity index (χ4v) is 1.90. The fraction of sp³-hybridized carbons (Fsp3) is 0.444. The summed E-state index contributed by atoms with van der Waals surface area (Å²) in [7, 11) is 0. The minimum atomic E-state index is -0.403. The third-order valence-electron chi connectivity index (χ3n) is 1.53. The van der Waals surface area contributed by atoms with Crippen LogP contribution in [0, 0.1) is 0 Å². The molecular weight excluding hydrogens is 255 g/mol. The summed E-state index contributed by atoms with van der Waals surface area (Å²) >= 11 is 7.13. The van der Waals surface area contributed by atoms with Gasteiger partial charge in [0.05, 0.1) is 5.02 Å². The number of amides is 1. The van der Waals surface area contributed by atoms with Crippen molar-refractivity contribution >= 4 is 41.3 Å². The van der Waals surface area contributed by atoms with E-state index >= 15 is 0 Å². The van der Waals surface area contributed by atoms with Gasteiger partial charge in [-0.15, -0.1) is 23.7 Å². The van der Waals surface area contributed by atoms with Crippen LogP contribution in [-0.4, -0.2) is 18.0 Å². The van der Waals surface area contributed by atoms with Gasteiger partial charge in [-0.1, -0.05) is 11.6 Å². The molecule has 0 aliphatic rings. The lowest BCUT2D eigenvalue weighted by atomic mass is 10.1. The zero-order valence-electron chi connectivity index (χ0n) is 8.54. The van der Waals surface area contributed by atoms with Gasteiger partial charge in [0.15, 0.2) is 0 Å². The number of rotatable bonds is 3. The Labute approximate surface area is 104 Å². The molecule has 0 aliphatic heterocycles. The summed E-state index contributed by atoms with van der Waals surface area (Å²) in [6.45, 7) is 4.13. The first kappa shape index (κ1) is 14.7. The summed E-state index contributed by atoms with van der Waals surface area (Å²) in [4.78, 5) is 12.1. The predicted octanol–water partition coefficient (Wildman–Crippen LogP) is 2.29. The lowest BCUT2D eigenvalue weighted by Crippen LogP contribution is -2.44. The second-order valence-electron chi connectivity index (χ2n) is 3.77. The average Bonchev–Trinajstić information content (AvgIpc) is 2.46. The van der Waals surface area contributed by atoms with E-state index in [-0.39, 0.29) is 18.3 Å². The molecule has 0 saturated carbocycles. The molecule has 0 aliphatic carbocycles. The first-order valence-corrected chi connectivity index (χ1v) is 5.46. The smallest absolute Gasteiger partial charge is 0.262 e. The molecule has 3 nitrogen and oxygen atoms in total. The Morgan fingerprint density at radius 2 is 2.27 bits per heavy atom. The van der Waals surface area contributed by atoms with Crippen molar-refractivity contribution in [1.82, 2.24) is 5.32 Å². The third kappa shape index (κ3) is 4.84. The molecule has 1 aromatic heterocycles. The number of nitrogens with two attached hydrogens (primary N) is 1. The minimum Gasteiger partial charge on any atom is -0.349 e. The molecule has 3 N–H and O–H groups in total. The summed E-state index contributed by atoms with van der Waals surface area (Å²) in [6, 6.07) is 1.70. The summed E-state index contributed by atoms with van der Waals surface area (Å²) in [5.41, 5.74) is 5.33. The third-order valence-corrected chi connectivity index (χ3v) is 2.87. The van der Waals surface area contributed by atoms with Crippen LogP contribution in [0.2, 0.25) is 5.02 Å². The number of carbonyl (C=O) groups is 1. The number of hydrogen-bond acceptors (Lipinski definition) is 3. The number of thiophene rings is 1. The first-order chi connectivity index (χ1) is 6.40. The number of hydrogen-bond donors (Lipinski definition) is 2. The van der Waals surface area contributed by atoms with E-state index in [4.69, 9.17) is 17.3 Å². The van der Waals surface area contributed by atoms with Crippen molar-refractivity contribution in [2.45, 2.75) is 19.4 Å². The summed E-state index contributed by atoms with van der Waals surface area (Å²) in [5, 5.41) is 5.00. The Morgan fingerprint density at radius 3 is 2.67 bits per heavy atom. The molecule has 0 unspecified atom stereocenters. The van der Waals surface area contributed by atoms with Gasteiger partial charge < -0.3 is 11.1 Å². The molecule has 1 aromatic rings. The number of carbonyl (C=O) groups excluding carboxylic acids is 1. The SMILES string of the molecule is CC(C)(N)CNC(=O)c1sccc1Cl.Cl. The Hall–Kier alpha value is -0.290. The van der Waals surface area contributed by atoms with Crippen LogP contribution in [0.25, 0.3) is 0 Å². The minimum absolute atomic E-state index is 0. The molecule has 0 fully saturated rings. The van der Waals surface area contributed by atoms with Gasteiger partial charge in [-0.3, -0.25) is 4.79 Å². The van der Waals surface area contributed by atoms with Crippen molar-refractivity contribution in [3.8, 4) is 0 Å². The molecule has 0 aromatic carbocycles. The van der Waals surface area contributed by atoms with Crippen molar-refractivity contribution in [3.63, 3.8) is 0 Å². The fourth-order valence-electron chi connectivity index (χ4n) is 0.844. The quantitative estimate of drug-likeness (QED) is 0.884.